The van der Waals surface area contributed by atoms with Gasteiger partial charge in [-0.05, 0) is 30.3 Å². The maximum absolute atomic E-state index is 14.3. The zero-order chi connectivity index (χ0) is 17.4. The number of anilines is 2. The first kappa shape index (κ1) is 15.8. The number of hydrogen-bond acceptors (Lipinski definition) is 4. The number of carbonyl (C=O) groups excluding carboxylic acids is 1. The summed E-state index contributed by atoms with van der Waals surface area (Å²) in [6, 6.07) is 10.8. The van der Waals surface area contributed by atoms with Crippen molar-refractivity contribution in [2.24, 2.45) is 0 Å². The smallest absolute Gasteiger partial charge is 0.263 e. The van der Waals surface area contributed by atoms with Gasteiger partial charge in [0.25, 0.3) is 5.91 Å². The van der Waals surface area contributed by atoms with E-state index in [1.807, 2.05) is 31.1 Å². The van der Waals surface area contributed by atoms with Crippen LogP contribution in [0.1, 0.15) is 22.0 Å². The highest BCUT2D eigenvalue weighted by atomic mass is 19.1. The van der Waals surface area contributed by atoms with Crippen LogP contribution in [0.25, 0.3) is 0 Å². The van der Waals surface area contributed by atoms with E-state index in [0.29, 0.717) is 5.69 Å². The molecule has 1 aliphatic heterocycles. The average Bonchev–Trinajstić information content (AvgIpc) is 2.89. The van der Waals surface area contributed by atoms with Crippen molar-refractivity contribution in [3.63, 3.8) is 0 Å². The van der Waals surface area contributed by atoms with Crippen molar-refractivity contribution >= 4 is 17.3 Å². The first-order chi connectivity index (χ1) is 11.5. The molecule has 1 aliphatic rings. The number of rotatable bonds is 3. The monoisotopic (exact) mass is 325 g/mol. The maximum Gasteiger partial charge on any atom is 0.263 e. The Kier molecular flexibility index (Phi) is 3.86. The summed E-state index contributed by atoms with van der Waals surface area (Å²) in [4.78, 5) is 16.1. The van der Waals surface area contributed by atoms with Crippen LogP contribution in [-0.4, -0.2) is 27.1 Å². The second kappa shape index (κ2) is 5.85. The van der Waals surface area contributed by atoms with Crippen molar-refractivity contribution in [1.82, 2.24) is 0 Å². The average molecular weight is 325 g/mol. The molecule has 2 aromatic carbocycles. The van der Waals surface area contributed by atoms with Gasteiger partial charge in [0.05, 0.1) is 18.7 Å². The Labute approximate surface area is 139 Å². The van der Waals surface area contributed by atoms with Gasteiger partial charge in [-0.15, -0.1) is 0 Å². The number of nitriles is 1. The molecule has 0 radical (unpaired) electrons. The van der Waals surface area contributed by atoms with E-state index in [2.05, 4.69) is 0 Å². The van der Waals surface area contributed by atoms with Crippen LogP contribution < -0.4 is 14.5 Å². The van der Waals surface area contributed by atoms with E-state index in [1.165, 1.54) is 24.1 Å². The molecule has 0 fully saturated rings. The van der Waals surface area contributed by atoms with Crippen LogP contribution in [0.2, 0.25) is 0 Å². The molecule has 5 nitrogen and oxygen atoms in total. The molecule has 122 valence electrons. The van der Waals surface area contributed by atoms with Gasteiger partial charge in [-0.25, -0.2) is 4.39 Å². The van der Waals surface area contributed by atoms with E-state index in [-0.39, 0.29) is 16.9 Å². The van der Waals surface area contributed by atoms with E-state index >= 15 is 0 Å². The SMILES string of the molecule is COc1ccc(F)c2c1C(=O)N(c1cccc(N(C)C)c1)C2C#N. The number of ether oxygens (including phenoxy) is 1. The van der Waals surface area contributed by atoms with Gasteiger partial charge in [-0.2, -0.15) is 5.26 Å². The van der Waals surface area contributed by atoms with Crippen molar-refractivity contribution in [3.8, 4) is 11.8 Å². The highest BCUT2D eigenvalue weighted by molar-refractivity contribution is 6.13. The summed E-state index contributed by atoms with van der Waals surface area (Å²) in [6.07, 6.45) is 0. The minimum absolute atomic E-state index is 0.0668. The predicted molar refractivity (Wildman–Crippen MR) is 88.9 cm³/mol. The molecule has 0 aliphatic carbocycles. The van der Waals surface area contributed by atoms with Gasteiger partial charge in [0.15, 0.2) is 6.04 Å². The van der Waals surface area contributed by atoms with E-state index in [0.717, 1.165) is 5.69 Å². The van der Waals surface area contributed by atoms with E-state index in [4.69, 9.17) is 4.74 Å². The standard InChI is InChI=1S/C18H16FN3O2/c1-21(2)11-5-4-6-12(9-11)22-14(10-20)16-13(19)7-8-15(24-3)17(16)18(22)23/h4-9,14H,1-3H3. The van der Waals surface area contributed by atoms with Crippen molar-refractivity contribution in [3.05, 3.63) is 53.3 Å². The first-order valence-corrected chi connectivity index (χ1v) is 7.36. The second-order valence-electron chi connectivity index (χ2n) is 5.66. The van der Waals surface area contributed by atoms with E-state index in [1.54, 1.807) is 18.2 Å². The summed E-state index contributed by atoms with van der Waals surface area (Å²) in [6.45, 7) is 0. The molecule has 2 aromatic rings. The van der Waals surface area contributed by atoms with Crippen molar-refractivity contribution in [1.29, 1.82) is 5.26 Å². The van der Waals surface area contributed by atoms with E-state index in [9.17, 15) is 14.4 Å². The molecule has 0 aromatic heterocycles. The lowest BCUT2D eigenvalue weighted by atomic mass is 10.0. The highest BCUT2D eigenvalue weighted by Gasteiger charge is 2.42. The van der Waals surface area contributed by atoms with Crippen LogP contribution in [0.5, 0.6) is 5.75 Å². The van der Waals surface area contributed by atoms with Crippen LogP contribution in [0, 0.1) is 17.1 Å². The number of hydrogen-bond donors (Lipinski definition) is 0. The minimum atomic E-state index is -1.03. The van der Waals surface area contributed by atoms with Crippen LogP contribution in [0.4, 0.5) is 15.8 Å². The largest absolute Gasteiger partial charge is 0.496 e. The fourth-order valence-electron chi connectivity index (χ4n) is 2.91. The number of benzene rings is 2. The summed E-state index contributed by atoms with van der Waals surface area (Å²) in [5.74, 6) is -0.760. The third-order valence-electron chi connectivity index (χ3n) is 4.08. The van der Waals surface area contributed by atoms with Gasteiger partial charge in [0, 0.05) is 31.0 Å². The van der Waals surface area contributed by atoms with Crippen LogP contribution in [0.15, 0.2) is 36.4 Å². The molecule has 1 heterocycles. The Morgan fingerprint density at radius 3 is 2.67 bits per heavy atom. The predicted octanol–water partition coefficient (Wildman–Crippen LogP) is 3.13. The number of methoxy groups -OCH3 is 1. The Bertz CT molecular complexity index is 858. The molecule has 6 heteroatoms. The minimum Gasteiger partial charge on any atom is -0.496 e. The lowest BCUT2D eigenvalue weighted by Gasteiger charge is -2.22. The number of nitrogens with zero attached hydrogens (tertiary/aromatic N) is 3. The maximum atomic E-state index is 14.3. The van der Waals surface area contributed by atoms with Crippen molar-refractivity contribution < 1.29 is 13.9 Å². The van der Waals surface area contributed by atoms with Gasteiger partial charge in [0.2, 0.25) is 0 Å². The third-order valence-corrected chi connectivity index (χ3v) is 4.08. The highest BCUT2D eigenvalue weighted by Crippen LogP contribution is 2.42. The summed E-state index contributed by atoms with van der Waals surface area (Å²) in [5, 5.41) is 9.57. The van der Waals surface area contributed by atoms with Gasteiger partial charge < -0.3 is 9.64 Å². The Morgan fingerprint density at radius 1 is 1.29 bits per heavy atom. The zero-order valence-electron chi connectivity index (χ0n) is 13.6. The van der Waals surface area contributed by atoms with Crippen molar-refractivity contribution in [2.45, 2.75) is 6.04 Å². The lowest BCUT2D eigenvalue weighted by molar-refractivity contribution is 0.0992. The molecule has 3 rings (SSSR count). The molecule has 0 saturated heterocycles. The topological polar surface area (TPSA) is 56.6 Å². The summed E-state index contributed by atoms with van der Waals surface area (Å²) in [7, 11) is 5.17. The van der Waals surface area contributed by atoms with Crippen LogP contribution in [-0.2, 0) is 0 Å². The first-order valence-electron chi connectivity index (χ1n) is 7.36. The molecule has 1 amide bonds. The fourth-order valence-corrected chi connectivity index (χ4v) is 2.91. The van der Waals surface area contributed by atoms with E-state index < -0.39 is 17.8 Å². The van der Waals surface area contributed by atoms with Gasteiger partial charge in [-0.1, -0.05) is 6.07 Å². The lowest BCUT2D eigenvalue weighted by Crippen LogP contribution is -2.27. The third kappa shape index (κ3) is 2.26. The number of fused-ring (bicyclic) bond motifs is 1. The van der Waals surface area contributed by atoms with Crippen LogP contribution in [0.3, 0.4) is 0 Å². The van der Waals surface area contributed by atoms with Crippen molar-refractivity contribution in [2.75, 3.05) is 31.0 Å². The van der Waals surface area contributed by atoms with Gasteiger partial charge in [-0.3, -0.25) is 9.69 Å². The van der Waals surface area contributed by atoms with Crippen LogP contribution >= 0.6 is 0 Å². The normalized spacial score (nSPS) is 15.9. The zero-order valence-corrected chi connectivity index (χ0v) is 13.6. The summed E-state index contributed by atoms with van der Waals surface area (Å²) in [5.41, 5.74) is 1.59. The molecule has 0 saturated carbocycles. The fraction of sp³-hybridized carbons (Fsp3) is 0.222. The molecule has 1 unspecified atom stereocenters. The van der Waals surface area contributed by atoms with Gasteiger partial charge >= 0.3 is 0 Å². The quantitative estimate of drug-likeness (QED) is 0.870. The molecule has 0 spiro atoms. The Morgan fingerprint density at radius 2 is 2.04 bits per heavy atom. The Hall–Kier alpha value is -3.07. The number of carbonyl (C=O) groups is 1. The molecule has 0 N–H and O–H groups in total. The molecular weight excluding hydrogens is 309 g/mol. The Balaban J connectivity index is 2.18. The summed E-state index contributed by atoms with van der Waals surface area (Å²) < 4.78 is 19.5. The summed E-state index contributed by atoms with van der Waals surface area (Å²) >= 11 is 0. The van der Waals surface area contributed by atoms with Gasteiger partial charge in [0.1, 0.15) is 11.6 Å². The molecule has 0 bridgehead atoms. The molecule has 24 heavy (non-hydrogen) atoms. The second-order valence-corrected chi connectivity index (χ2v) is 5.66. The molecule has 1 atom stereocenters. The number of halogens is 1. The number of amides is 1. The molecular formula is C18H16FN3O2.